The summed E-state index contributed by atoms with van der Waals surface area (Å²) in [5, 5.41) is 8.07. The minimum Gasteiger partial charge on any atom is -0.324 e. The molecule has 0 bridgehead atoms. The van der Waals surface area contributed by atoms with Crippen molar-refractivity contribution in [1.82, 2.24) is 14.7 Å². The highest BCUT2D eigenvalue weighted by molar-refractivity contribution is 6.36. The lowest BCUT2D eigenvalue weighted by Crippen LogP contribution is -2.30. The van der Waals surface area contributed by atoms with E-state index in [0.29, 0.717) is 22.3 Å². The summed E-state index contributed by atoms with van der Waals surface area (Å²) in [5.41, 5.74) is 2.80. The number of likely N-dealkylation sites (N-methyl/N-ethyl adjacent to an activating group) is 1. The van der Waals surface area contributed by atoms with Crippen LogP contribution in [-0.4, -0.2) is 34.2 Å². The quantitative estimate of drug-likeness (QED) is 0.862. The van der Waals surface area contributed by atoms with E-state index < -0.39 is 0 Å². The molecule has 1 heterocycles. The normalized spacial score (nSPS) is 11.0. The predicted octanol–water partition coefficient (Wildman–Crippen LogP) is 3.59. The Morgan fingerprint density at radius 1 is 1.39 bits per heavy atom. The van der Waals surface area contributed by atoms with Gasteiger partial charge in [-0.1, -0.05) is 23.2 Å². The van der Waals surface area contributed by atoms with E-state index in [1.54, 1.807) is 18.2 Å². The second kappa shape index (κ2) is 7.81. The lowest BCUT2D eigenvalue weighted by atomic mass is 10.2. The minimum atomic E-state index is -0.128. The highest BCUT2D eigenvalue weighted by atomic mass is 35.5. The Morgan fingerprint density at radius 2 is 2.13 bits per heavy atom. The van der Waals surface area contributed by atoms with Crippen molar-refractivity contribution in [2.24, 2.45) is 0 Å². The van der Waals surface area contributed by atoms with Crippen LogP contribution in [0.4, 0.5) is 5.69 Å². The fourth-order valence-corrected chi connectivity index (χ4v) is 2.79. The lowest BCUT2D eigenvalue weighted by molar-refractivity contribution is -0.117. The number of nitrogens with zero attached hydrogens (tertiary/aromatic N) is 3. The van der Waals surface area contributed by atoms with Crippen molar-refractivity contribution in [3.05, 3.63) is 45.7 Å². The molecule has 124 valence electrons. The molecule has 1 N–H and O–H groups in total. The van der Waals surface area contributed by atoms with Gasteiger partial charge in [0.2, 0.25) is 5.91 Å². The SMILES string of the molecule is CCn1ncc(CN(C)CC(=O)Nc2ccc(Cl)cc2Cl)c1C. The van der Waals surface area contributed by atoms with Gasteiger partial charge in [-0.05, 0) is 39.1 Å². The van der Waals surface area contributed by atoms with Crippen LogP contribution in [0.15, 0.2) is 24.4 Å². The fraction of sp³-hybridized carbons (Fsp3) is 0.375. The number of aromatic nitrogens is 2. The molecule has 0 aliphatic carbocycles. The molecule has 0 fully saturated rings. The van der Waals surface area contributed by atoms with E-state index in [2.05, 4.69) is 17.3 Å². The second-order valence-corrected chi connectivity index (χ2v) is 6.26. The fourth-order valence-electron chi connectivity index (χ4n) is 2.33. The van der Waals surface area contributed by atoms with Crippen molar-refractivity contribution in [2.75, 3.05) is 18.9 Å². The number of hydrogen-bond acceptors (Lipinski definition) is 3. The smallest absolute Gasteiger partial charge is 0.238 e. The largest absolute Gasteiger partial charge is 0.324 e. The zero-order valence-corrected chi connectivity index (χ0v) is 14.9. The van der Waals surface area contributed by atoms with Gasteiger partial charge in [0.25, 0.3) is 0 Å². The van der Waals surface area contributed by atoms with Gasteiger partial charge in [0.1, 0.15) is 0 Å². The minimum absolute atomic E-state index is 0.128. The van der Waals surface area contributed by atoms with Crippen molar-refractivity contribution >= 4 is 34.8 Å². The van der Waals surface area contributed by atoms with Gasteiger partial charge in [-0.2, -0.15) is 5.10 Å². The summed E-state index contributed by atoms with van der Waals surface area (Å²) in [7, 11) is 1.89. The molecule has 23 heavy (non-hydrogen) atoms. The highest BCUT2D eigenvalue weighted by Crippen LogP contribution is 2.25. The summed E-state index contributed by atoms with van der Waals surface area (Å²) in [5.74, 6) is -0.128. The number of benzene rings is 1. The Labute approximate surface area is 146 Å². The van der Waals surface area contributed by atoms with Gasteiger partial charge in [-0.25, -0.2) is 0 Å². The van der Waals surface area contributed by atoms with Gasteiger partial charge in [0.05, 0.1) is 23.5 Å². The zero-order chi connectivity index (χ0) is 17.0. The molecule has 0 atom stereocenters. The van der Waals surface area contributed by atoms with E-state index in [9.17, 15) is 4.79 Å². The Bertz CT molecular complexity index is 699. The van der Waals surface area contributed by atoms with Crippen LogP contribution in [0.5, 0.6) is 0 Å². The van der Waals surface area contributed by atoms with E-state index in [4.69, 9.17) is 23.2 Å². The van der Waals surface area contributed by atoms with E-state index >= 15 is 0 Å². The summed E-state index contributed by atoms with van der Waals surface area (Å²) in [6, 6.07) is 4.98. The number of anilines is 1. The van der Waals surface area contributed by atoms with Gasteiger partial charge in [-0.15, -0.1) is 0 Å². The van der Waals surface area contributed by atoms with Crippen LogP contribution in [0.3, 0.4) is 0 Å². The number of halogens is 2. The van der Waals surface area contributed by atoms with Crippen LogP contribution in [0.2, 0.25) is 10.0 Å². The summed E-state index contributed by atoms with van der Waals surface area (Å²) in [6.07, 6.45) is 1.85. The topological polar surface area (TPSA) is 50.2 Å². The number of carbonyl (C=O) groups excluding carboxylic acids is 1. The predicted molar refractivity (Wildman–Crippen MR) is 94.1 cm³/mol. The molecule has 1 amide bonds. The number of carbonyl (C=O) groups is 1. The average molecular weight is 355 g/mol. The van der Waals surface area contributed by atoms with Crippen LogP contribution in [0.1, 0.15) is 18.2 Å². The Hall–Kier alpha value is -1.56. The van der Waals surface area contributed by atoms with Crippen molar-refractivity contribution < 1.29 is 4.79 Å². The number of rotatable bonds is 6. The molecular formula is C16H20Cl2N4O. The molecule has 0 saturated heterocycles. The molecule has 5 nitrogen and oxygen atoms in total. The first kappa shape index (κ1) is 17.8. The van der Waals surface area contributed by atoms with Gasteiger partial charge in [-0.3, -0.25) is 14.4 Å². The molecule has 0 radical (unpaired) electrons. The zero-order valence-electron chi connectivity index (χ0n) is 13.4. The van der Waals surface area contributed by atoms with E-state index in [-0.39, 0.29) is 12.5 Å². The monoisotopic (exact) mass is 354 g/mol. The van der Waals surface area contributed by atoms with Crippen LogP contribution in [0.25, 0.3) is 0 Å². The molecule has 0 aliphatic rings. The molecular weight excluding hydrogens is 335 g/mol. The number of nitrogens with one attached hydrogen (secondary N) is 1. The van der Waals surface area contributed by atoms with E-state index in [1.165, 1.54) is 0 Å². The lowest BCUT2D eigenvalue weighted by Gasteiger charge is -2.16. The van der Waals surface area contributed by atoms with E-state index in [1.807, 2.05) is 29.7 Å². The molecule has 2 rings (SSSR count). The standard InChI is InChI=1S/C16H20Cl2N4O/c1-4-22-11(2)12(8-19-22)9-21(3)10-16(23)20-15-6-5-13(17)7-14(15)18/h5-8H,4,9-10H2,1-3H3,(H,20,23). The summed E-state index contributed by atoms with van der Waals surface area (Å²) < 4.78 is 1.94. The molecule has 0 aliphatic heterocycles. The first-order valence-electron chi connectivity index (χ1n) is 7.35. The van der Waals surface area contributed by atoms with Crippen molar-refractivity contribution in [2.45, 2.75) is 26.9 Å². The van der Waals surface area contributed by atoms with Crippen LogP contribution >= 0.6 is 23.2 Å². The van der Waals surface area contributed by atoms with E-state index in [0.717, 1.165) is 17.8 Å². The molecule has 0 unspecified atom stereocenters. The Kier molecular flexibility index (Phi) is 6.04. The number of hydrogen-bond donors (Lipinski definition) is 1. The Morgan fingerprint density at radius 3 is 2.74 bits per heavy atom. The first-order chi connectivity index (χ1) is 10.9. The molecule has 0 spiro atoms. The maximum Gasteiger partial charge on any atom is 0.238 e. The molecule has 0 saturated carbocycles. The van der Waals surface area contributed by atoms with Crippen LogP contribution in [0, 0.1) is 6.92 Å². The third-order valence-electron chi connectivity index (χ3n) is 3.56. The van der Waals surface area contributed by atoms with Crippen LogP contribution < -0.4 is 5.32 Å². The maximum absolute atomic E-state index is 12.1. The van der Waals surface area contributed by atoms with Crippen molar-refractivity contribution in [1.29, 1.82) is 0 Å². The molecule has 1 aromatic carbocycles. The highest BCUT2D eigenvalue weighted by Gasteiger charge is 2.12. The van der Waals surface area contributed by atoms with Gasteiger partial charge in [0, 0.05) is 29.4 Å². The number of aryl methyl sites for hydroxylation is 1. The third-order valence-corrected chi connectivity index (χ3v) is 4.11. The molecule has 2 aromatic rings. The summed E-state index contributed by atoms with van der Waals surface area (Å²) in [4.78, 5) is 14.1. The summed E-state index contributed by atoms with van der Waals surface area (Å²) in [6.45, 7) is 5.85. The van der Waals surface area contributed by atoms with Crippen molar-refractivity contribution in [3.63, 3.8) is 0 Å². The Balaban J connectivity index is 1.92. The summed E-state index contributed by atoms with van der Waals surface area (Å²) >= 11 is 11.9. The van der Waals surface area contributed by atoms with Gasteiger partial charge in [0.15, 0.2) is 0 Å². The van der Waals surface area contributed by atoms with Crippen LogP contribution in [-0.2, 0) is 17.9 Å². The maximum atomic E-state index is 12.1. The first-order valence-corrected chi connectivity index (χ1v) is 8.11. The van der Waals surface area contributed by atoms with Gasteiger partial charge < -0.3 is 5.32 Å². The number of amides is 1. The second-order valence-electron chi connectivity index (χ2n) is 5.42. The molecule has 7 heteroatoms. The average Bonchev–Trinajstić information content (AvgIpc) is 2.82. The van der Waals surface area contributed by atoms with Crippen molar-refractivity contribution in [3.8, 4) is 0 Å². The third kappa shape index (κ3) is 4.70. The van der Waals surface area contributed by atoms with Gasteiger partial charge >= 0.3 is 0 Å². The molecule has 1 aromatic heterocycles.